The molecule has 4 nitrogen and oxygen atoms in total. The molecule has 0 radical (unpaired) electrons. The fourth-order valence-corrected chi connectivity index (χ4v) is 1.92. The summed E-state index contributed by atoms with van der Waals surface area (Å²) in [6, 6.07) is 9.07. The summed E-state index contributed by atoms with van der Waals surface area (Å²) in [4.78, 5) is 0. The van der Waals surface area contributed by atoms with Gasteiger partial charge in [0, 0.05) is 16.2 Å². The number of hydrogen-bond donors (Lipinski definition) is 2. The molecule has 2 aromatic carbocycles. The van der Waals surface area contributed by atoms with Crippen molar-refractivity contribution < 1.29 is 19.5 Å². The third-order valence-electron chi connectivity index (χ3n) is 2.69. The van der Waals surface area contributed by atoms with Crippen molar-refractivity contribution in [2.45, 2.75) is 0 Å². The van der Waals surface area contributed by atoms with Gasteiger partial charge in [-0.2, -0.15) is 0 Å². The molecule has 0 saturated heterocycles. The zero-order chi connectivity index (χ0) is 12.4. The Bertz CT molecular complexity index is 539. The highest BCUT2D eigenvalue weighted by Gasteiger charge is 2.21. The van der Waals surface area contributed by atoms with E-state index in [9.17, 15) is 10.0 Å². The van der Waals surface area contributed by atoms with Gasteiger partial charge in [0.25, 0.3) is 0 Å². The van der Waals surface area contributed by atoms with Crippen LogP contribution < -0.4 is 14.9 Å². The van der Waals surface area contributed by atoms with Gasteiger partial charge in [0.2, 0.25) is 0 Å². The largest absolute Gasteiger partial charge is 0.496 e. The molecular weight excluding hydrogens is 219 g/mol. The SMILES string of the molecule is COc1cc(B(O)O)c(OC)c2ccccc12. The van der Waals surface area contributed by atoms with Crippen LogP contribution in [0.1, 0.15) is 0 Å². The van der Waals surface area contributed by atoms with Gasteiger partial charge in [-0.25, -0.2) is 0 Å². The number of fused-ring (bicyclic) bond motifs is 1. The van der Waals surface area contributed by atoms with Crippen LogP contribution >= 0.6 is 0 Å². The maximum absolute atomic E-state index is 9.34. The standard InChI is InChI=1S/C12H13BO4/c1-16-11-7-10(13(14)15)12(17-2)9-6-4-3-5-8(9)11/h3-7,14-15H,1-2H3. The van der Waals surface area contributed by atoms with E-state index >= 15 is 0 Å². The maximum Gasteiger partial charge on any atom is 0.492 e. The fraction of sp³-hybridized carbons (Fsp3) is 0.167. The van der Waals surface area contributed by atoms with E-state index in [0.29, 0.717) is 17.0 Å². The van der Waals surface area contributed by atoms with Gasteiger partial charge in [0.05, 0.1) is 14.2 Å². The van der Waals surface area contributed by atoms with Gasteiger partial charge in [-0.05, 0) is 6.07 Å². The first kappa shape index (κ1) is 11.8. The van der Waals surface area contributed by atoms with E-state index in [1.54, 1.807) is 13.2 Å². The number of methoxy groups -OCH3 is 2. The third-order valence-corrected chi connectivity index (χ3v) is 2.69. The van der Waals surface area contributed by atoms with Gasteiger partial charge in [-0.15, -0.1) is 0 Å². The van der Waals surface area contributed by atoms with Crippen LogP contribution in [-0.4, -0.2) is 31.4 Å². The molecule has 0 heterocycles. The summed E-state index contributed by atoms with van der Waals surface area (Å²) in [5.74, 6) is 1.04. The van der Waals surface area contributed by atoms with Crippen LogP contribution in [0.15, 0.2) is 30.3 Å². The molecule has 0 aromatic heterocycles. The lowest BCUT2D eigenvalue weighted by Crippen LogP contribution is -2.31. The van der Waals surface area contributed by atoms with Gasteiger partial charge >= 0.3 is 7.12 Å². The predicted octanol–water partition coefficient (Wildman–Crippen LogP) is 0.537. The topological polar surface area (TPSA) is 58.9 Å². The van der Waals surface area contributed by atoms with Crippen molar-refractivity contribution in [1.29, 1.82) is 0 Å². The molecule has 0 aliphatic rings. The Morgan fingerprint density at radius 1 is 1.00 bits per heavy atom. The molecule has 0 saturated carbocycles. The van der Waals surface area contributed by atoms with Crippen LogP contribution in [-0.2, 0) is 0 Å². The lowest BCUT2D eigenvalue weighted by molar-refractivity contribution is 0.401. The molecule has 0 aliphatic carbocycles. The van der Waals surface area contributed by atoms with E-state index < -0.39 is 7.12 Å². The lowest BCUT2D eigenvalue weighted by atomic mass is 9.78. The van der Waals surface area contributed by atoms with E-state index in [4.69, 9.17) is 9.47 Å². The van der Waals surface area contributed by atoms with Crippen LogP contribution in [0.3, 0.4) is 0 Å². The summed E-state index contributed by atoms with van der Waals surface area (Å²) >= 11 is 0. The van der Waals surface area contributed by atoms with Crippen LogP contribution in [0.2, 0.25) is 0 Å². The third kappa shape index (κ3) is 1.95. The van der Waals surface area contributed by atoms with Gasteiger partial charge in [-0.3, -0.25) is 0 Å². The molecule has 0 bridgehead atoms. The van der Waals surface area contributed by atoms with E-state index in [0.717, 1.165) is 10.8 Å². The summed E-state index contributed by atoms with van der Waals surface area (Å²) < 4.78 is 10.5. The Balaban J connectivity index is 2.84. The highest BCUT2D eigenvalue weighted by atomic mass is 16.5. The van der Waals surface area contributed by atoms with E-state index in [1.807, 2.05) is 24.3 Å². The number of benzene rings is 2. The molecule has 0 amide bonds. The van der Waals surface area contributed by atoms with Gasteiger partial charge in [-0.1, -0.05) is 24.3 Å². The smallest absolute Gasteiger partial charge is 0.492 e. The second-order valence-electron chi connectivity index (χ2n) is 3.62. The zero-order valence-corrected chi connectivity index (χ0v) is 9.68. The maximum atomic E-state index is 9.34. The predicted molar refractivity (Wildman–Crippen MR) is 66.9 cm³/mol. The van der Waals surface area contributed by atoms with Crippen LogP contribution in [0.4, 0.5) is 0 Å². The number of rotatable bonds is 3. The average Bonchev–Trinajstić information content (AvgIpc) is 2.36. The average molecular weight is 232 g/mol. The van der Waals surface area contributed by atoms with Crippen molar-refractivity contribution in [2.24, 2.45) is 0 Å². The van der Waals surface area contributed by atoms with Crippen molar-refractivity contribution in [1.82, 2.24) is 0 Å². The first-order valence-corrected chi connectivity index (χ1v) is 5.18. The Morgan fingerprint density at radius 3 is 2.18 bits per heavy atom. The quantitative estimate of drug-likeness (QED) is 0.758. The van der Waals surface area contributed by atoms with Crippen LogP contribution in [0, 0.1) is 0 Å². The van der Waals surface area contributed by atoms with Crippen molar-refractivity contribution >= 4 is 23.4 Å². The Morgan fingerprint density at radius 2 is 1.65 bits per heavy atom. The number of ether oxygens (including phenoxy) is 2. The second-order valence-corrected chi connectivity index (χ2v) is 3.62. The molecule has 0 aliphatic heterocycles. The molecule has 2 N–H and O–H groups in total. The Labute approximate surface area is 99.6 Å². The van der Waals surface area contributed by atoms with Crippen LogP contribution in [0.25, 0.3) is 10.8 Å². The minimum Gasteiger partial charge on any atom is -0.496 e. The lowest BCUT2D eigenvalue weighted by Gasteiger charge is -2.14. The molecule has 2 aromatic rings. The fourth-order valence-electron chi connectivity index (χ4n) is 1.92. The van der Waals surface area contributed by atoms with Gasteiger partial charge in [0.15, 0.2) is 0 Å². The van der Waals surface area contributed by atoms with Crippen molar-refractivity contribution in [3.05, 3.63) is 30.3 Å². The van der Waals surface area contributed by atoms with E-state index in [1.165, 1.54) is 7.11 Å². The molecule has 0 unspecified atom stereocenters. The second kappa shape index (κ2) is 4.65. The molecule has 0 atom stereocenters. The highest BCUT2D eigenvalue weighted by molar-refractivity contribution is 6.60. The van der Waals surface area contributed by atoms with E-state index in [-0.39, 0.29) is 0 Å². The summed E-state index contributed by atoms with van der Waals surface area (Å²) in [7, 11) is 1.45. The first-order valence-electron chi connectivity index (χ1n) is 5.18. The molecule has 2 rings (SSSR count). The molecule has 88 valence electrons. The van der Waals surface area contributed by atoms with Gasteiger partial charge < -0.3 is 19.5 Å². The molecule has 5 heteroatoms. The van der Waals surface area contributed by atoms with E-state index in [2.05, 4.69) is 0 Å². The summed E-state index contributed by atoms with van der Waals surface area (Å²) in [5, 5.41) is 20.3. The molecule has 0 fully saturated rings. The minimum absolute atomic E-state index is 0.294. The van der Waals surface area contributed by atoms with Crippen molar-refractivity contribution in [3.8, 4) is 11.5 Å². The first-order chi connectivity index (χ1) is 8.19. The molecule has 0 spiro atoms. The summed E-state index contributed by atoms with van der Waals surface area (Å²) in [5.41, 5.74) is 0.294. The summed E-state index contributed by atoms with van der Waals surface area (Å²) in [6.45, 7) is 0. The van der Waals surface area contributed by atoms with Gasteiger partial charge in [0.1, 0.15) is 11.5 Å². The number of hydrogen-bond acceptors (Lipinski definition) is 4. The Kier molecular flexibility index (Phi) is 3.22. The molecule has 17 heavy (non-hydrogen) atoms. The zero-order valence-electron chi connectivity index (χ0n) is 9.68. The van der Waals surface area contributed by atoms with Crippen molar-refractivity contribution in [2.75, 3.05) is 14.2 Å². The monoisotopic (exact) mass is 232 g/mol. The summed E-state index contributed by atoms with van der Waals surface area (Å²) in [6.07, 6.45) is 0. The Hall–Kier alpha value is -1.72. The van der Waals surface area contributed by atoms with Crippen molar-refractivity contribution in [3.63, 3.8) is 0 Å². The highest BCUT2D eigenvalue weighted by Crippen LogP contribution is 2.31. The molecular formula is C12H13BO4. The van der Waals surface area contributed by atoms with Crippen LogP contribution in [0.5, 0.6) is 11.5 Å². The minimum atomic E-state index is -1.59. The normalized spacial score (nSPS) is 10.4.